The predicted octanol–water partition coefficient (Wildman–Crippen LogP) is -2.36. The van der Waals surface area contributed by atoms with Crippen LogP contribution in [0.4, 0.5) is 5.69 Å². The maximum atomic E-state index is 11.9. The standard InChI is InChI=1S/C14H21N3O3/c1-10-5-2-3-6-11(10)17-13(18)9-12(14(19)20)16-8-4-7-15/h2-3,5-6,12,16H,4,7-9,15H2,1H3,(H,17,18)(H,19,20)/p+1/t12-/m0/s1. The van der Waals surface area contributed by atoms with Crippen molar-refractivity contribution in [1.29, 1.82) is 0 Å². The molecule has 0 radical (unpaired) electrons. The minimum atomic E-state index is -1.21. The number of carbonyl (C=O) groups is 2. The molecule has 0 aromatic heterocycles. The summed E-state index contributed by atoms with van der Waals surface area (Å²) in [5.74, 6) is -1.53. The summed E-state index contributed by atoms with van der Waals surface area (Å²) in [5, 5.41) is 15.4. The van der Waals surface area contributed by atoms with Gasteiger partial charge >= 0.3 is 0 Å². The second-order valence-electron chi connectivity index (χ2n) is 4.72. The first-order valence-corrected chi connectivity index (χ1v) is 6.73. The van der Waals surface area contributed by atoms with Crippen molar-refractivity contribution in [1.82, 2.24) is 0 Å². The third-order valence-corrected chi connectivity index (χ3v) is 3.03. The first-order valence-electron chi connectivity index (χ1n) is 6.73. The van der Waals surface area contributed by atoms with E-state index < -0.39 is 12.0 Å². The topological polar surface area (TPSA) is 113 Å². The number of hydrogen-bond acceptors (Lipinski definition) is 3. The fourth-order valence-electron chi connectivity index (χ4n) is 1.84. The van der Waals surface area contributed by atoms with Gasteiger partial charge in [-0.15, -0.1) is 0 Å². The van der Waals surface area contributed by atoms with Crippen molar-refractivity contribution in [2.45, 2.75) is 25.8 Å². The second kappa shape index (κ2) is 8.29. The summed E-state index contributed by atoms with van der Waals surface area (Å²) in [7, 11) is 0. The fraction of sp³-hybridized carbons (Fsp3) is 0.429. The van der Waals surface area contributed by atoms with E-state index in [1.807, 2.05) is 25.1 Å². The van der Waals surface area contributed by atoms with E-state index in [-0.39, 0.29) is 12.3 Å². The van der Waals surface area contributed by atoms with E-state index in [4.69, 9.17) is 0 Å². The normalized spacial score (nSPS) is 11.9. The molecule has 1 amide bonds. The molecule has 0 aliphatic carbocycles. The van der Waals surface area contributed by atoms with Gasteiger partial charge in [0.2, 0.25) is 5.91 Å². The van der Waals surface area contributed by atoms with E-state index in [0.717, 1.165) is 18.5 Å². The SMILES string of the molecule is Cc1ccccc1NC(=O)C[C@H]([NH2+]CCC[NH3+])C(=O)[O-]. The zero-order valence-corrected chi connectivity index (χ0v) is 11.7. The molecule has 1 atom stereocenters. The highest BCUT2D eigenvalue weighted by Gasteiger charge is 2.18. The maximum Gasteiger partial charge on any atom is 0.230 e. The van der Waals surface area contributed by atoms with Gasteiger partial charge in [-0.3, -0.25) is 4.79 Å². The Labute approximate surface area is 118 Å². The lowest BCUT2D eigenvalue weighted by Crippen LogP contribution is -2.93. The van der Waals surface area contributed by atoms with Gasteiger partial charge in [-0.1, -0.05) is 18.2 Å². The molecular formula is C14H22N3O3+. The van der Waals surface area contributed by atoms with Crippen LogP contribution in [0.1, 0.15) is 18.4 Å². The minimum Gasteiger partial charge on any atom is -0.544 e. The van der Waals surface area contributed by atoms with Gasteiger partial charge in [0.1, 0.15) is 6.04 Å². The molecular weight excluding hydrogens is 258 g/mol. The second-order valence-corrected chi connectivity index (χ2v) is 4.72. The highest BCUT2D eigenvalue weighted by atomic mass is 16.4. The van der Waals surface area contributed by atoms with Crippen LogP contribution in [0.2, 0.25) is 0 Å². The molecule has 1 aromatic carbocycles. The highest BCUT2D eigenvalue weighted by molar-refractivity contribution is 5.93. The lowest BCUT2D eigenvalue weighted by molar-refractivity contribution is -0.684. The van der Waals surface area contributed by atoms with Crippen molar-refractivity contribution >= 4 is 17.6 Å². The molecule has 0 saturated heterocycles. The van der Waals surface area contributed by atoms with Crippen molar-refractivity contribution < 1.29 is 25.7 Å². The third-order valence-electron chi connectivity index (χ3n) is 3.03. The molecule has 0 spiro atoms. The fourth-order valence-corrected chi connectivity index (χ4v) is 1.84. The van der Waals surface area contributed by atoms with E-state index in [9.17, 15) is 14.7 Å². The van der Waals surface area contributed by atoms with Gasteiger partial charge < -0.3 is 26.3 Å². The van der Waals surface area contributed by atoms with Crippen LogP contribution < -0.4 is 21.5 Å². The van der Waals surface area contributed by atoms with Crippen molar-refractivity contribution in [2.24, 2.45) is 0 Å². The Kier molecular flexibility index (Phi) is 6.69. The van der Waals surface area contributed by atoms with Crippen LogP contribution in [0.5, 0.6) is 0 Å². The van der Waals surface area contributed by atoms with Crippen LogP contribution in [0.25, 0.3) is 0 Å². The number of aryl methyl sites for hydroxylation is 1. The molecule has 0 heterocycles. The Hall–Kier alpha value is -1.92. The summed E-state index contributed by atoms with van der Waals surface area (Å²) in [6.07, 6.45) is 0.705. The number of hydrogen-bond donors (Lipinski definition) is 3. The van der Waals surface area contributed by atoms with Crippen LogP contribution in [0.3, 0.4) is 0 Å². The van der Waals surface area contributed by atoms with E-state index >= 15 is 0 Å². The molecule has 6 heteroatoms. The number of anilines is 1. The molecule has 1 aromatic rings. The molecule has 110 valence electrons. The van der Waals surface area contributed by atoms with E-state index in [1.54, 1.807) is 11.4 Å². The molecule has 6 nitrogen and oxygen atoms in total. The average molecular weight is 280 g/mol. The smallest absolute Gasteiger partial charge is 0.230 e. The molecule has 0 fully saturated rings. The number of carboxylic acid groups (broad SMARTS) is 1. The molecule has 0 aliphatic rings. The van der Waals surface area contributed by atoms with Crippen LogP contribution in [-0.4, -0.2) is 31.0 Å². The number of nitrogens with one attached hydrogen (secondary N) is 1. The number of nitrogens with two attached hydrogens (primary N) is 1. The van der Waals surface area contributed by atoms with Crippen LogP contribution in [0.15, 0.2) is 24.3 Å². The van der Waals surface area contributed by atoms with E-state index in [2.05, 4.69) is 11.1 Å². The summed E-state index contributed by atoms with van der Waals surface area (Å²) in [5.41, 5.74) is 5.33. The zero-order chi connectivity index (χ0) is 15.0. The van der Waals surface area contributed by atoms with Crippen LogP contribution in [0, 0.1) is 6.92 Å². The molecule has 0 saturated carbocycles. The van der Waals surface area contributed by atoms with Crippen molar-refractivity contribution in [3.63, 3.8) is 0 Å². The molecule has 1 rings (SSSR count). The van der Waals surface area contributed by atoms with Gasteiger partial charge in [-0.2, -0.15) is 0 Å². The lowest BCUT2D eigenvalue weighted by Gasteiger charge is -2.16. The quantitative estimate of drug-likeness (QED) is 0.463. The number of rotatable bonds is 8. The van der Waals surface area contributed by atoms with Crippen LogP contribution >= 0.6 is 0 Å². The van der Waals surface area contributed by atoms with Crippen molar-refractivity contribution in [3.8, 4) is 0 Å². The van der Waals surface area contributed by atoms with Gasteiger partial charge in [0, 0.05) is 12.1 Å². The van der Waals surface area contributed by atoms with Gasteiger partial charge in [0.25, 0.3) is 0 Å². The Bertz CT molecular complexity index is 463. The monoisotopic (exact) mass is 280 g/mol. The summed E-state index contributed by atoms with van der Waals surface area (Å²) in [4.78, 5) is 22.9. The number of carbonyl (C=O) groups excluding carboxylic acids is 2. The highest BCUT2D eigenvalue weighted by Crippen LogP contribution is 2.13. The third kappa shape index (κ3) is 5.38. The Balaban J connectivity index is 2.54. The summed E-state index contributed by atoms with van der Waals surface area (Å²) in [6.45, 7) is 3.25. The summed E-state index contributed by atoms with van der Waals surface area (Å²) >= 11 is 0. The molecule has 6 N–H and O–H groups in total. The maximum absolute atomic E-state index is 11.9. The van der Waals surface area contributed by atoms with Crippen LogP contribution in [-0.2, 0) is 9.59 Å². The number of aliphatic carboxylic acids is 1. The number of carboxylic acids is 1. The molecule has 20 heavy (non-hydrogen) atoms. The molecule has 0 unspecified atom stereocenters. The van der Waals surface area contributed by atoms with E-state index in [1.165, 1.54) is 0 Å². The lowest BCUT2D eigenvalue weighted by atomic mass is 10.1. The summed E-state index contributed by atoms with van der Waals surface area (Å²) in [6, 6.07) is 6.51. The van der Waals surface area contributed by atoms with Gasteiger partial charge in [-0.25, -0.2) is 0 Å². The number of benzene rings is 1. The molecule has 0 bridgehead atoms. The zero-order valence-electron chi connectivity index (χ0n) is 11.7. The van der Waals surface area contributed by atoms with Crippen molar-refractivity contribution in [3.05, 3.63) is 29.8 Å². The van der Waals surface area contributed by atoms with Crippen molar-refractivity contribution in [2.75, 3.05) is 18.4 Å². The first kappa shape index (κ1) is 16.1. The van der Waals surface area contributed by atoms with Gasteiger partial charge in [0.05, 0.1) is 25.5 Å². The summed E-state index contributed by atoms with van der Waals surface area (Å²) < 4.78 is 0. The van der Waals surface area contributed by atoms with Gasteiger partial charge in [-0.05, 0) is 18.6 Å². The number of para-hydroxylation sites is 1. The van der Waals surface area contributed by atoms with Gasteiger partial charge in [0.15, 0.2) is 0 Å². The number of quaternary nitrogens is 2. The van der Waals surface area contributed by atoms with E-state index in [0.29, 0.717) is 12.2 Å². The number of amides is 1. The largest absolute Gasteiger partial charge is 0.544 e. The Morgan fingerprint density at radius 3 is 2.70 bits per heavy atom. The average Bonchev–Trinajstić information content (AvgIpc) is 2.40. The minimum absolute atomic E-state index is 0.103. The first-order chi connectivity index (χ1) is 9.54. The Morgan fingerprint density at radius 1 is 1.40 bits per heavy atom. The predicted molar refractivity (Wildman–Crippen MR) is 72.4 cm³/mol. The molecule has 0 aliphatic heterocycles. The Morgan fingerprint density at radius 2 is 2.10 bits per heavy atom.